The van der Waals surface area contributed by atoms with Crippen LogP contribution >= 0.6 is 0 Å². The Morgan fingerprint density at radius 1 is 1.58 bits per heavy atom. The van der Waals surface area contributed by atoms with E-state index < -0.39 is 4.92 Å². The Morgan fingerprint density at radius 3 is 2.67 bits per heavy atom. The van der Waals surface area contributed by atoms with E-state index in [1.807, 2.05) is 13.0 Å². The molecule has 1 aromatic carbocycles. The van der Waals surface area contributed by atoms with E-state index in [-0.39, 0.29) is 5.69 Å². The van der Waals surface area contributed by atoms with Crippen molar-refractivity contribution in [3.8, 4) is 0 Å². The third-order valence-corrected chi connectivity index (χ3v) is 1.70. The first kappa shape index (κ1) is 8.46. The number of rotatable bonds is 2. The van der Waals surface area contributed by atoms with E-state index in [1.165, 1.54) is 12.1 Å². The average molecular weight is 163 g/mol. The highest BCUT2D eigenvalue weighted by molar-refractivity contribution is 5.62. The van der Waals surface area contributed by atoms with Crippen molar-refractivity contribution in [2.45, 2.75) is 6.92 Å². The second-order valence-electron chi connectivity index (χ2n) is 2.47. The summed E-state index contributed by atoms with van der Waals surface area (Å²) in [5, 5.41) is 10.5. The molecular weight excluding hydrogens is 154 g/mol. The molecule has 0 N–H and O–H groups in total. The molecular formula is C9H9NO2. The fourth-order valence-electron chi connectivity index (χ4n) is 1.09. The predicted octanol–water partition coefficient (Wildman–Crippen LogP) is 2.55. The molecule has 0 bridgehead atoms. The lowest BCUT2D eigenvalue weighted by molar-refractivity contribution is -0.385. The standard InChI is InChI=1S/C9H9NO2/c1-3-8-7(2)5-4-6-9(8)10(11)12/h3-6H,1H2,2H3. The first-order valence-electron chi connectivity index (χ1n) is 3.53. The highest BCUT2D eigenvalue weighted by Gasteiger charge is 2.11. The lowest BCUT2D eigenvalue weighted by Gasteiger charge is -1.99. The van der Waals surface area contributed by atoms with Crippen LogP contribution in [0.3, 0.4) is 0 Å². The normalized spacial score (nSPS) is 9.42. The van der Waals surface area contributed by atoms with Gasteiger partial charge in [-0.25, -0.2) is 0 Å². The third kappa shape index (κ3) is 1.34. The molecule has 0 atom stereocenters. The van der Waals surface area contributed by atoms with Gasteiger partial charge in [-0.05, 0) is 12.5 Å². The number of hydrogen-bond donors (Lipinski definition) is 0. The Bertz CT molecular complexity index is 331. The van der Waals surface area contributed by atoms with Crippen LogP contribution in [0.1, 0.15) is 11.1 Å². The molecule has 1 aromatic rings. The fraction of sp³-hybridized carbons (Fsp3) is 0.111. The molecule has 0 saturated heterocycles. The minimum atomic E-state index is -0.399. The number of nitro groups is 1. The van der Waals surface area contributed by atoms with Crippen molar-refractivity contribution in [2.75, 3.05) is 0 Å². The fourth-order valence-corrected chi connectivity index (χ4v) is 1.09. The quantitative estimate of drug-likeness (QED) is 0.496. The molecule has 0 unspecified atom stereocenters. The summed E-state index contributed by atoms with van der Waals surface area (Å²) in [6, 6.07) is 4.97. The Balaban J connectivity index is 3.37. The first-order valence-corrected chi connectivity index (χ1v) is 3.53. The first-order chi connectivity index (χ1) is 5.66. The SMILES string of the molecule is C=Cc1c(C)cccc1[N+](=O)[O-]. The summed E-state index contributed by atoms with van der Waals surface area (Å²) in [7, 11) is 0. The molecule has 62 valence electrons. The van der Waals surface area contributed by atoms with Crippen LogP contribution in [-0.4, -0.2) is 4.92 Å². The molecule has 0 amide bonds. The molecule has 0 aromatic heterocycles. The second kappa shape index (κ2) is 3.17. The number of aryl methyl sites for hydroxylation is 1. The summed E-state index contributed by atoms with van der Waals surface area (Å²) in [5.74, 6) is 0. The van der Waals surface area contributed by atoms with E-state index in [2.05, 4.69) is 6.58 Å². The number of nitro benzene ring substituents is 1. The molecule has 0 heterocycles. The van der Waals surface area contributed by atoms with E-state index in [0.29, 0.717) is 5.56 Å². The largest absolute Gasteiger partial charge is 0.276 e. The molecule has 0 fully saturated rings. The van der Waals surface area contributed by atoms with Gasteiger partial charge in [-0.1, -0.05) is 24.8 Å². The van der Waals surface area contributed by atoms with Crippen LogP contribution in [0.25, 0.3) is 6.08 Å². The van der Waals surface area contributed by atoms with Gasteiger partial charge in [0.2, 0.25) is 0 Å². The summed E-state index contributed by atoms with van der Waals surface area (Å²) >= 11 is 0. The molecule has 0 aliphatic rings. The minimum Gasteiger partial charge on any atom is -0.258 e. The van der Waals surface area contributed by atoms with Gasteiger partial charge in [0.1, 0.15) is 0 Å². The smallest absolute Gasteiger partial charge is 0.258 e. The maximum absolute atomic E-state index is 10.5. The van der Waals surface area contributed by atoms with E-state index in [1.54, 1.807) is 6.07 Å². The van der Waals surface area contributed by atoms with Crippen molar-refractivity contribution in [1.29, 1.82) is 0 Å². The zero-order chi connectivity index (χ0) is 9.14. The molecule has 3 heteroatoms. The average Bonchev–Trinajstić information content (AvgIpc) is 2.03. The van der Waals surface area contributed by atoms with Gasteiger partial charge in [-0.2, -0.15) is 0 Å². The van der Waals surface area contributed by atoms with Crippen LogP contribution in [0.15, 0.2) is 24.8 Å². The molecule has 3 nitrogen and oxygen atoms in total. The number of nitrogens with zero attached hydrogens (tertiary/aromatic N) is 1. The lowest BCUT2D eigenvalue weighted by atomic mass is 10.1. The van der Waals surface area contributed by atoms with Gasteiger partial charge in [0.15, 0.2) is 0 Å². The van der Waals surface area contributed by atoms with Crippen molar-refractivity contribution in [3.63, 3.8) is 0 Å². The van der Waals surface area contributed by atoms with Crippen LogP contribution in [0, 0.1) is 17.0 Å². The van der Waals surface area contributed by atoms with Crippen molar-refractivity contribution in [2.24, 2.45) is 0 Å². The Morgan fingerprint density at radius 2 is 2.25 bits per heavy atom. The van der Waals surface area contributed by atoms with Gasteiger partial charge in [-0.15, -0.1) is 0 Å². The topological polar surface area (TPSA) is 43.1 Å². The summed E-state index contributed by atoms with van der Waals surface area (Å²) in [4.78, 5) is 10.1. The molecule has 0 aliphatic carbocycles. The Kier molecular flexibility index (Phi) is 2.24. The van der Waals surface area contributed by atoms with Gasteiger partial charge in [0, 0.05) is 6.07 Å². The van der Waals surface area contributed by atoms with Crippen molar-refractivity contribution >= 4 is 11.8 Å². The monoisotopic (exact) mass is 163 g/mol. The number of hydrogen-bond acceptors (Lipinski definition) is 2. The van der Waals surface area contributed by atoms with E-state index >= 15 is 0 Å². The Hall–Kier alpha value is -1.64. The van der Waals surface area contributed by atoms with E-state index in [0.717, 1.165) is 5.56 Å². The zero-order valence-electron chi connectivity index (χ0n) is 6.78. The van der Waals surface area contributed by atoms with Crippen LogP contribution in [0.4, 0.5) is 5.69 Å². The molecule has 0 aliphatic heterocycles. The molecule has 0 saturated carbocycles. The predicted molar refractivity (Wildman–Crippen MR) is 47.9 cm³/mol. The highest BCUT2D eigenvalue weighted by atomic mass is 16.6. The Labute approximate surface area is 70.5 Å². The van der Waals surface area contributed by atoms with Gasteiger partial charge in [0.05, 0.1) is 10.5 Å². The zero-order valence-corrected chi connectivity index (χ0v) is 6.78. The van der Waals surface area contributed by atoms with Gasteiger partial charge in [-0.3, -0.25) is 10.1 Å². The lowest BCUT2D eigenvalue weighted by Crippen LogP contribution is -1.92. The van der Waals surface area contributed by atoms with Crippen molar-refractivity contribution < 1.29 is 4.92 Å². The molecule has 1 rings (SSSR count). The molecule has 0 radical (unpaired) electrons. The van der Waals surface area contributed by atoms with Crippen molar-refractivity contribution in [1.82, 2.24) is 0 Å². The molecule has 12 heavy (non-hydrogen) atoms. The van der Waals surface area contributed by atoms with Gasteiger partial charge in [0.25, 0.3) is 5.69 Å². The summed E-state index contributed by atoms with van der Waals surface area (Å²) in [6.45, 7) is 5.35. The van der Waals surface area contributed by atoms with Gasteiger partial charge >= 0.3 is 0 Å². The molecule has 0 spiro atoms. The van der Waals surface area contributed by atoms with Crippen LogP contribution in [0.5, 0.6) is 0 Å². The second-order valence-corrected chi connectivity index (χ2v) is 2.47. The van der Waals surface area contributed by atoms with Crippen LogP contribution in [0.2, 0.25) is 0 Å². The van der Waals surface area contributed by atoms with E-state index in [4.69, 9.17) is 0 Å². The maximum Gasteiger partial charge on any atom is 0.276 e. The van der Waals surface area contributed by atoms with Crippen molar-refractivity contribution in [3.05, 3.63) is 46.0 Å². The highest BCUT2D eigenvalue weighted by Crippen LogP contribution is 2.22. The summed E-state index contributed by atoms with van der Waals surface area (Å²) in [5.41, 5.74) is 1.59. The summed E-state index contributed by atoms with van der Waals surface area (Å²) < 4.78 is 0. The van der Waals surface area contributed by atoms with Crippen LogP contribution < -0.4 is 0 Å². The number of benzene rings is 1. The summed E-state index contributed by atoms with van der Waals surface area (Å²) in [6.07, 6.45) is 1.51. The van der Waals surface area contributed by atoms with Gasteiger partial charge < -0.3 is 0 Å². The minimum absolute atomic E-state index is 0.116. The van der Waals surface area contributed by atoms with E-state index in [9.17, 15) is 10.1 Å². The van der Waals surface area contributed by atoms with Crippen LogP contribution in [-0.2, 0) is 0 Å². The maximum atomic E-state index is 10.5. The third-order valence-electron chi connectivity index (χ3n) is 1.70.